The van der Waals surface area contributed by atoms with Gasteiger partial charge < -0.3 is 10.0 Å². The Morgan fingerprint density at radius 2 is 1.88 bits per heavy atom. The lowest BCUT2D eigenvalue weighted by Crippen LogP contribution is -2.35. The second kappa shape index (κ2) is 12.8. The molecule has 4 heterocycles. The van der Waals surface area contributed by atoms with Crippen LogP contribution in [0.3, 0.4) is 0 Å². The maximum atomic E-state index is 13.9. The molecule has 0 unspecified atom stereocenters. The average Bonchev–Trinajstić information content (AvgIpc) is 3.38. The van der Waals surface area contributed by atoms with Crippen LogP contribution < -0.4 is 4.90 Å². The third-order valence-corrected chi connectivity index (χ3v) is 10.1. The van der Waals surface area contributed by atoms with Gasteiger partial charge >= 0.3 is 5.97 Å². The Bertz CT molecular complexity index is 1740. The predicted octanol–water partition coefficient (Wildman–Crippen LogP) is 4.67. The Balaban J connectivity index is 1.50. The van der Waals surface area contributed by atoms with Crippen LogP contribution in [0.25, 0.3) is 11.0 Å². The number of hydrogen-bond acceptors (Lipinski definition) is 8. The molecular weight excluding hydrogens is 566 g/mol. The molecule has 1 aliphatic rings. The van der Waals surface area contributed by atoms with Crippen LogP contribution in [0.2, 0.25) is 0 Å². The van der Waals surface area contributed by atoms with Gasteiger partial charge in [0.05, 0.1) is 24.2 Å². The van der Waals surface area contributed by atoms with Crippen molar-refractivity contribution in [1.29, 1.82) is 0 Å². The number of benzene rings is 1. The second-order valence-corrected chi connectivity index (χ2v) is 13.0. The molecule has 0 spiro atoms. The van der Waals surface area contributed by atoms with E-state index in [1.165, 1.54) is 4.31 Å². The molecule has 0 saturated heterocycles. The summed E-state index contributed by atoms with van der Waals surface area (Å²) in [6.07, 6.45) is 4.56. The molecule has 11 nitrogen and oxygen atoms in total. The van der Waals surface area contributed by atoms with Gasteiger partial charge in [0.2, 0.25) is 10.0 Å². The smallest absolute Gasteiger partial charge is 0.304 e. The van der Waals surface area contributed by atoms with Crippen LogP contribution in [0.4, 0.5) is 5.82 Å². The Hall–Kier alpha value is -3.90. The molecule has 43 heavy (non-hydrogen) atoms. The lowest BCUT2D eigenvalue weighted by molar-refractivity contribution is -0.137. The number of sulfonamides is 1. The van der Waals surface area contributed by atoms with Gasteiger partial charge in [0.25, 0.3) is 0 Å². The zero-order chi connectivity index (χ0) is 30.7. The standard InChI is InChI=1S/C31H39N7O4S/c1-5-7-8-16-36-17-18-37(43(41,42)28-10-9-15-32-31(28)36)20-26-21(3)11-13-25(33-26)24(19-29(39)40)23-12-14-27-30(22(23)4)34-35-38(27)6-2/h9-15,24H,5-8,16-20H2,1-4H3,(H,39,40)/t24-/m0/s1. The normalized spacial score (nSPS) is 15.8. The highest BCUT2D eigenvalue weighted by atomic mass is 32.2. The Morgan fingerprint density at radius 3 is 2.63 bits per heavy atom. The van der Waals surface area contributed by atoms with Crippen LogP contribution in [0.15, 0.2) is 47.5 Å². The number of rotatable bonds is 11. The predicted molar refractivity (Wildman–Crippen MR) is 165 cm³/mol. The quantitative estimate of drug-likeness (QED) is 0.242. The monoisotopic (exact) mass is 605 g/mol. The van der Waals surface area contributed by atoms with E-state index in [1.54, 1.807) is 23.0 Å². The number of aliphatic carboxylic acids is 1. The number of aryl methyl sites for hydroxylation is 3. The van der Waals surface area contributed by atoms with Gasteiger partial charge in [-0.2, -0.15) is 4.31 Å². The number of hydrogen-bond donors (Lipinski definition) is 1. The van der Waals surface area contributed by atoms with E-state index < -0.39 is 21.9 Å². The van der Waals surface area contributed by atoms with E-state index in [-0.39, 0.29) is 24.4 Å². The Labute approximate surface area is 252 Å². The third-order valence-electron chi connectivity index (χ3n) is 8.26. The van der Waals surface area contributed by atoms with Crippen molar-refractivity contribution in [2.75, 3.05) is 24.5 Å². The minimum atomic E-state index is -3.86. The molecule has 228 valence electrons. The molecule has 0 saturated carbocycles. The lowest BCUT2D eigenvalue weighted by atomic mass is 9.88. The van der Waals surface area contributed by atoms with Gasteiger partial charge in [-0.3, -0.25) is 9.78 Å². The topological polar surface area (TPSA) is 134 Å². The first kappa shape index (κ1) is 30.6. The first-order valence-electron chi connectivity index (χ1n) is 14.9. The van der Waals surface area contributed by atoms with Crippen molar-refractivity contribution in [2.24, 2.45) is 0 Å². The first-order valence-corrected chi connectivity index (χ1v) is 16.3. The van der Waals surface area contributed by atoms with E-state index in [2.05, 4.69) is 27.1 Å². The minimum absolute atomic E-state index is 0.0712. The molecule has 1 N–H and O–H groups in total. The van der Waals surface area contributed by atoms with Gasteiger partial charge in [-0.15, -0.1) is 5.10 Å². The van der Waals surface area contributed by atoms with Crippen molar-refractivity contribution < 1.29 is 18.3 Å². The van der Waals surface area contributed by atoms with E-state index in [4.69, 9.17) is 4.98 Å². The summed E-state index contributed by atoms with van der Waals surface area (Å²) in [5, 5.41) is 18.5. The van der Waals surface area contributed by atoms with Gasteiger partial charge in [0.1, 0.15) is 16.2 Å². The molecule has 0 fully saturated rings. The average molecular weight is 606 g/mol. The zero-order valence-corrected chi connectivity index (χ0v) is 26.0. The van der Waals surface area contributed by atoms with Crippen LogP contribution in [0, 0.1) is 13.8 Å². The molecule has 3 aromatic heterocycles. The summed E-state index contributed by atoms with van der Waals surface area (Å²) in [6, 6.07) is 10.9. The van der Waals surface area contributed by atoms with Gasteiger partial charge in [-0.25, -0.2) is 18.1 Å². The summed E-state index contributed by atoms with van der Waals surface area (Å²) in [5.41, 5.74) is 5.29. The largest absolute Gasteiger partial charge is 0.481 e. The first-order chi connectivity index (χ1) is 20.6. The molecule has 1 atom stereocenters. The molecule has 0 bridgehead atoms. The SMILES string of the molecule is CCCCCN1CCN(Cc2nc([C@@H](CC(=O)O)c3ccc4c(nnn4CC)c3C)ccc2C)S(=O)(=O)c2cccnc21. The van der Waals surface area contributed by atoms with Crippen LogP contribution in [0.5, 0.6) is 0 Å². The fourth-order valence-corrected chi connectivity index (χ4v) is 7.36. The number of fused-ring (bicyclic) bond motifs is 2. The summed E-state index contributed by atoms with van der Waals surface area (Å²) >= 11 is 0. The maximum absolute atomic E-state index is 13.9. The fourth-order valence-electron chi connectivity index (χ4n) is 5.80. The number of carbonyl (C=O) groups is 1. The summed E-state index contributed by atoms with van der Waals surface area (Å²) in [7, 11) is -3.86. The lowest BCUT2D eigenvalue weighted by Gasteiger charge is -2.23. The number of anilines is 1. The number of carboxylic acid groups (broad SMARTS) is 1. The molecule has 0 amide bonds. The zero-order valence-electron chi connectivity index (χ0n) is 25.2. The van der Waals surface area contributed by atoms with Crippen LogP contribution in [0.1, 0.15) is 73.5 Å². The minimum Gasteiger partial charge on any atom is -0.481 e. The van der Waals surface area contributed by atoms with Crippen molar-refractivity contribution >= 4 is 32.8 Å². The summed E-state index contributed by atoms with van der Waals surface area (Å²) < 4.78 is 31.1. The summed E-state index contributed by atoms with van der Waals surface area (Å²) in [4.78, 5) is 23.7. The number of unbranched alkanes of at least 4 members (excludes halogenated alkanes) is 2. The van der Waals surface area contributed by atoms with Crippen molar-refractivity contribution in [2.45, 2.75) is 77.3 Å². The van der Waals surface area contributed by atoms with Crippen molar-refractivity contribution in [3.05, 3.63) is 70.7 Å². The van der Waals surface area contributed by atoms with Gasteiger partial charge in [0, 0.05) is 44.0 Å². The summed E-state index contributed by atoms with van der Waals surface area (Å²) in [6.45, 7) is 10.2. The van der Waals surface area contributed by atoms with Crippen LogP contribution in [-0.4, -0.2) is 68.4 Å². The van der Waals surface area contributed by atoms with Crippen molar-refractivity contribution in [1.82, 2.24) is 29.3 Å². The number of carboxylic acids is 1. The van der Waals surface area contributed by atoms with E-state index in [0.29, 0.717) is 30.3 Å². The second-order valence-electron chi connectivity index (χ2n) is 11.1. The number of nitrogens with zero attached hydrogens (tertiary/aromatic N) is 7. The van der Waals surface area contributed by atoms with Crippen molar-refractivity contribution in [3.63, 3.8) is 0 Å². The number of pyridine rings is 2. The molecule has 4 aromatic rings. The number of aromatic nitrogens is 5. The molecule has 0 radical (unpaired) electrons. The van der Waals surface area contributed by atoms with Crippen LogP contribution in [-0.2, 0) is 27.9 Å². The highest BCUT2D eigenvalue weighted by molar-refractivity contribution is 7.89. The third kappa shape index (κ3) is 6.12. The molecular formula is C31H39N7O4S. The summed E-state index contributed by atoms with van der Waals surface area (Å²) in [5.74, 6) is -1.01. The highest BCUT2D eigenvalue weighted by Gasteiger charge is 2.34. The maximum Gasteiger partial charge on any atom is 0.304 e. The molecule has 12 heteroatoms. The van der Waals surface area contributed by atoms with Gasteiger partial charge in [-0.1, -0.05) is 37.1 Å². The highest BCUT2D eigenvalue weighted by Crippen LogP contribution is 2.34. The Kier molecular flexibility index (Phi) is 9.07. The Morgan fingerprint density at radius 1 is 1.07 bits per heavy atom. The van der Waals surface area contributed by atoms with Crippen molar-refractivity contribution in [3.8, 4) is 0 Å². The molecule has 1 aromatic carbocycles. The van der Waals surface area contributed by atoms with E-state index in [9.17, 15) is 18.3 Å². The van der Waals surface area contributed by atoms with E-state index >= 15 is 0 Å². The fraction of sp³-hybridized carbons (Fsp3) is 0.452. The van der Waals surface area contributed by atoms with Crippen LogP contribution >= 0.6 is 0 Å². The van der Waals surface area contributed by atoms with Gasteiger partial charge in [-0.05, 0) is 68.1 Å². The molecule has 0 aliphatic carbocycles. The van der Waals surface area contributed by atoms with Gasteiger partial charge in [0.15, 0.2) is 0 Å². The molecule has 5 rings (SSSR count). The molecule has 1 aliphatic heterocycles. The van der Waals surface area contributed by atoms with E-state index in [0.717, 1.165) is 53.5 Å². The van der Waals surface area contributed by atoms with E-state index in [1.807, 2.05) is 45.0 Å².